The molecule has 0 bridgehead atoms. The monoisotopic (exact) mass is 226 g/mol. The highest BCUT2D eigenvalue weighted by Crippen LogP contribution is 2.25. The van der Waals surface area contributed by atoms with Gasteiger partial charge in [-0.1, -0.05) is 6.07 Å². The summed E-state index contributed by atoms with van der Waals surface area (Å²) in [6, 6.07) is 4.74. The number of hydrazine groups is 1. The summed E-state index contributed by atoms with van der Waals surface area (Å²) in [6.45, 7) is 1.48. The third-order valence-corrected chi connectivity index (χ3v) is 2.18. The fourth-order valence-corrected chi connectivity index (χ4v) is 1.35. The van der Waals surface area contributed by atoms with Gasteiger partial charge in [-0.3, -0.25) is 5.43 Å². The summed E-state index contributed by atoms with van der Waals surface area (Å²) in [6.07, 6.45) is 0.700. The highest BCUT2D eigenvalue weighted by molar-refractivity contribution is 5.40. The van der Waals surface area contributed by atoms with Crippen molar-refractivity contribution in [3.8, 4) is 11.5 Å². The molecule has 0 aliphatic carbocycles. The lowest BCUT2D eigenvalue weighted by molar-refractivity contribution is 0.207. The van der Waals surface area contributed by atoms with Crippen LogP contribution >= 0.6 is 0 Å². The van der Waals surface area contributed by atoms with Gasteiger partial charge >= 0.3 is 0 Å². The Bertz CT molecular complexity index is 331. The maximum absolute atomic E-state index is 9.31. The Morgan fingerprint density at radius 1 is 1.25 bits per heavy atom. The summed E-state index contributed by atoms with van der Waals surface area (Å²) in [5.74, 6) is -0.221. The third-order valence-electron chi connectivity index (χ3n) is 2.18. The van der Waals surface area contributed by atoms with Crippen LogP contribution in [0.15, 0.2) is 18.2 Å². The number of hydrogen-bond acceptors (Lipinski definition) is 5. The molecule has 5 heteroatoms. The Hall–Kier alpha value is -1.30. The van der Waals surface area contributed by atoms with Crippen LogP contribution in [-0.2, 0) is 6.54 Å². The van der Waals surface area contributed by atoms with E-state index in [0.717, 1.165) is 5.56 Å². The van der Waals surface area contributed by atoms with Crippen LogP contribution in [-0.4, -0.2) is 40.5 Å². The molecular formula is C11H18N2O3. The second-order valence-corrected chi connectivity index (χ2v) is 3.66. The van der Waals surface area contributed by atoms with Crippen LogP contribution in [0.2, 0.25) is 0 Å². The Morgan fingerprint density at radius 2 is 2.00 bits per heavy atom. The molecule has 0 fully saturated rings. The highest BCUT2D eigenvalue weighted by Gasteiger charge is 2.03. The van der Waals surface area contributed by atoms with Crippen molar-refractivity contribution < 1.29 is 15.3 Å². The number of aromatic hydroxyl groups is 2. The van der Waals surface area contributed by atoms with Gasteiger partial charge in [0.2, 0.25) is 0 Å². The van der Waals surface area contributed by atoms with Gasteiger partial charge in [0.25, 0.3) is 0 Å². The Labute approximate surface area is 94.9 Å². The van der Waals surface area contributed by atoms with Crippen LogP contribution < -0.4 is 5.43 Å². The Kier molecular flexibility index (Phi) is 5.04. The summed E-state index contributed by atoms with van der Waals surface area (Å²) in [5, 5.41) is 28.9. The number of nitrogens with one attached hydrogen (secondary N) is 1. The van der Waals surface area contributed by atoms with Crippen LogP contribution in [0, 0.1) is 0 Å². The van der Waals surface area contributed by atoms with Gasteiger partial charge < -0.3 is 15.3 Å². The molecule has 1 aromatic carbocycles. The molecule has 0 radical (unpaired) electrons. The molecule has 0 aliphatic rings. The summed E-state index contributed by atoms with van der Waals surface area (Å²) < 4.78 is 0. The van der Waals surface area contributed by atoms with Crippen LogP contribution in [0.25, 0.3) is 0 Å². The maximum atomic E-state index is 9.31. The standard InChI is InChI=1S/C11H18N2O3/c1-13(12-5-2-6-14)8-9-3-4-10(15)11(16)7-9/h3-4,7,12,14-16H,2,5-6,8H2,1H3. The van der Waals surface area contributed by atoms with Gasteiger partial charge in [0, 0.05) is 26.7 Å². The number of rotatable bonds is 6. The number of benzene rings is 1. The predicted octanol–water partition coefficient (Wildman–Crippen LogP) is 0.417. The fraction of sp³-hybridized carbons (Fsp3) is 0.455. The molecular weight excluding hydrogens is 208 g/mol. The van der Waals surface area contributed by atoms with Crippen LogP contribution in [0.1, 0.15) is 12.0 Å². The predicted molar refractivity (Wildman–Crippen MR) is 60.9 cm³/mol. The molecule has 0 aliphatic heterocycles. The zero-order valence-electron chi connectivity index (χ0n) is 9.35. The fourth-order valence-electron chi connectivity index (χ4n) is 1.35. The minimum atomic E-state index is -0.111. The molecule has 16 heavy (non-hydrogen) atoms. The van der Waals surface area contributed by atoms with E-state index >= 15 is 0 Å². The van der Waals surface area contributed by atoms with E-state index in [-0.39, 0.29) is 18.1 Å². The largest absolute Gasteiger partial charge is 0.504 e. The number of phenolic OH excluding ortho intramolecular Hbond substituents is 2. The van der Waals surface area contributed by atoms with Gasteiger partial charge in [-0.05, 0) is 24.1 Å². The van der Waals surface area contributed by atoms with Crippen molar-refractivity contribution in [1.29, 1.82) is 0 Å². The normalized spacial score (nSPS) is 10.9. The summed E-state index contributed by atoms with van der Waals surface area (Å²) >= 11 is 0. The first kappa shape index (κ1) is 12.8. The molecule has 0 aromatic heterocycles. The van der Waals surface area contributed by atoms with Crippen molar-refractivity contribution in [2.75, 3.05) is 20.2 Å². The summed E-state index contributed by atoms with van der Waals surface area (Å²) in [5.41, 5.74) is 3.99. The lowest BCUT2D eigenvalue weighted by Crippen LogP contribution is -2.34. The zero-order chi connectivity index (χ0) is 12.0. The molecule has 1 rings (SSSR count). The van der Waals surface area contributed by atoms with Gasteiger partial charge in [0.05, 0.1) is 0 Å². The van der Waals surface area contributed by atoms with E-state index in [2.05, 4.69) is 5.43 Å². The highest BCUT2D eigenvalue weighted by atomic mass is 16.3. The number of nitrogens with zero attached hydrogens (tertiary/aromatic N) is 1. The molecule has 0 unspecified atom stereocenters. The van der Waals surface area contributed by atoms with Crippen LogP contribution in [0.3, 0.4) is 0 Å². The topological polar surface area (TPSA) is 76.0 Å². The second-order valence-electron chi connectivity index (χ2n) is 3.66. The first-order valence-electron chi connectivity index (χ1n) is 5.20. The average molecular weight is 226 g/mol. The molecule has 4 N–H and O–H groups in total. The molecule has 0 saturated heterocycles. The van der Waals surface area contributed by atoms with Crippen molar-refractivity contribution >= 4 is 0 Å². The minimum Gasteiger partial charge on any atom is -0.504 e. The van der Waals surface area contributed by atoms with E-state index in [9.17, 15) is 5.11 Å². The number of hydrogen-bond donors (Lipinski definition) is 4. The molecule has 0 spiro atoms. The average Bonchev–Trinajstić information content (AvgIpc) is 2.24. The number of aliphatic hydroxyl groups excluding tert-OH is 1. The van der Waals surface area contributed by atoms with Crippen LogP contribution in [0.4, 0.5) is 0 Å². The van der Waals surface area contributed by atoms with Gasteiger partial charge in [0.15, 0.2) is 11.5 Å². The van der Waals surface area contributed by atoms with E-state index in [1.807, 2.05) is 12.1 Å². The van der Waals surface area contributed by atoms with Crippen LogP contribution in [0.5, 0.6) is 11.5 Å². The van der Waals surface area contributed by atoms with Crippen molar-refractivity contribution in [3.63, 3.8) is 0 Å². The SMILES string of the molecule is CN(Cc1ccc(O)c(O)c1)NCCCO. The van der Waals surface area contributed by atoms with Gasteiger partial charge in [-0.2, -0.15) is 0 Å². The van der Waals surface area contributed by atoms with E-state index in [0.29, 0.717) is 19.5 Å². The quantitative estimate of drug-likeness (QED) is 0.321. The lowest BCUT2D eigenvalue weighted by atomic mass is 10.2. The molecule has 0 saturated carbocycles. The van der Waals surface area contributed by atoms with E-state index in [4.69, 9.17) is 10.2 Å². The first-order valence-corrected chi connectivity index (χ1v) is 5.20. The number of aliphatic hydroxyl groups is 1. The van der Waals surface area contributed by atoms with Gasteiger partial charge in [-0.25, -0.2) is 5.01 Å². The molecule has 0 atom stereocenters. The zero-order valence-corrected chi connectivity index (χ0v) is 9.35. The second kappa shape index (κ2) is 6.32. The smallest absolute Gasteiger partial charge is 0.157 e. The van der Waals surface area contributed by atoms with E-state index < -0.39 is 0 Å². The number of phenols is 2. The van der Waals surface area contributed by atoms with E-state index in [1.54, 1.807) is 6.07 Å². The molecule has 5 nitrogen and oxygen atoms in total. The summed E-state index contributed by atoms with van der Waals surface area (Å²) in [7, 11) is 1.88. The molecule has 0 heterocycles. The molecule has 1 aromatic rings. The van der Waals surface area contributed by atoms with Gasteiger partial charge in [0.1, 0.15) is 0 Å². The van der Waals surface area contributed by atoms with Crippen molar-refractivity contribution in [1.82, 2.24) is 10.4 Å². The Morgan fingerprint density at radius 3 is 2.62 bits per heavy atom. The van der Waals surface area contributed by atoms with Crippen molar-refractivity contribution in [3.05, 3.63) is 23.8 Å². The molecule has 90 valence electrons. The maximum Gasteiger partial charge on any atom is 0.157 e. The molecule has 0 amide bonds. The van der Waals surface area contributed by atoms with Crippen molar-refractivity contribution in [2.45, 2.75) is 13.0 Å². The summed E-state index contributed by atoms with van der Waals surface area (Å²) in [4.78, 5) is 0. The minimum absolute atomic E-state index is 0.110. The van der Waals surface area contributed by atoms with Gasteiger partial charge in [-0.15, -0.1) is 0 Å². The van der Waals surface area contributed by atoms with E-state index in [1.165, 1.54) is 12.1 Å². The van der Waals surface area contributed by atoms with Crippen molar-refractivity contribution in [2.24, 2.45) is 0 Å². The Balaban J connectivity index is 2.43. The first-order chi connectivity index (χ1) is 7.63. The third kappa shape index (κ3) is 4.06. The lowest BCUT2D eigenvalue weighted by Gasteiger charge is -2.18.